The summed E-state index contributed by atoms with van der Waals surface area (Å²) in [7, 11) is 0. The molecule has 0 radical (unpaired) electrons. The van der Waals surface area contributed by atoms with E-state index in [-0.39, 0.29) is 0 Å². The van der Waals surface area contributed by atoms with Gasteiger partial charge in [0.15, 0.2) is 4.77 Å². The summed E-state index contributed by atoms with van der Waals surface area (Å²) in [6.45, 7) is 5.79. The third kappa shape index (κ3) is 2.52. The van der Waals surface area contributed by atoms with E-state index in [2.05, 4.69) is 26.6 Å². The van der Waals surface area contributed by atoms with Crippen molar-refractivity contribution < 1.29 is 0 Å². The second-order valence-corrected chi connectivity index (χ2v) is 6.10. The van der Waals surface area contributed by atoms with Crippen LogP contribution in [-0.2, 0) is 6.54 Å². The topological polar surface area (TPSA) is 36.9 Å². The summed E-state index contributed by atoms with van der Waals surface area (Å²) < 4.78 is 3.02. The zero-order valence-electron chi connectivity index (χ0n) is 11.1. The Labute approximate surface area is 113 Å². The van der Waals surface area contributed by atoms with Crippen molar-refractivity contribution in [3.63, 3.8) is 0 Å². The monoisotopic (exact) mass is 266 g/mol. The Morgan fingerprint density at radius 1 is 1.33 bits per heavy atom. The molecule has 1 aromatic heterocycles. The first kappa shape index (κ1) is 12.4. The van der Waals surface area contributed by atoms with E-state index < -0.39 is 0 Å². The summed E-state index contributed by atoms with van der Waals surface area (Å²) in [6, 6.07) is 0.562. The zero-order valence-corrected chi connectivity index (χ0v) is 11.9. The first-order chi connectivity index (χ1) is 8.75. The molecule has 0 spiro atoms. The lowest BCUT2D eigenvalue weighted by molar-refractivity contribution is 0.158. The largest absolute Gasteiger partial charge is 0.302 e. The molecular weight excluding hydrogens is 244 g/mol. The van der Waals surface area contributed by atoms with Crippen LogP contribution in [0, 0.1) is 4.77 Å². The zero-order chi connectivity index (χ0) is 12.5. The molecule has 1 saturated heterocycles. The summed E-state index contributed by atoms with van der Waals surface area (Å²) in [4.78, 5) is 2.59. The van der Waals surface area contributed by atoms with E-state index >= 15 is 0 Å². The molecule has 0 aromatic carbocycles. The number of hydrogen-bond donors (Lipinski definition) is 1. The fraction of sp³-hybridized carbons (Fsp3) is 0.846. The number of likely N-dealkylation sites (tertiary alicyclic amines) is 1. The minimum absolute atomic E-state index is 0.562. The van der Waals surface area contributed by atoms with Gasteiger partial charge in [-0.2, -0.15) is 5.10 Å². The molecule has 5 heteroatoms. The number of aromatic amines is 1. The summed E-state index contributed by atoms with van der Waals surface area (Å²) in [5.41, 5.74) is 0. The highest BCUT2D eigenvalue weighted by molar-refractivity contribution is 7.71. The van der Waals surface area contributed by atoms with E-state index in [4.69, 9.17) is 12.2 Å². The van der Waals surface area contributed by atoms with Gasteiger partial charge in [0.05, 0.1) is 0 Å². The van der Waals surface area contributed by atoms with Gasteiger partial charge in [-0.1, -0.05) is 6.42 Å². The SMILES string of the molecule is CC(Cn1c(C2CC2)n[nH]c1=S)N1CCCCC1. The molecule has 0 amide bonds. The summed E-state index contributed by atoms with van der Waals surface area (Å²) in [6.07, 6.45) is 6.63. The third-order valence-electron chi connectivity index (χ3n) is 4.19. The van der Waals surface area contributed by atoms with Crippen LogP contribution in [0.4, 0.5) is 0 Å². The average Bonchev–Trinajstić information content (AvgIpc) is 3.17. The highest BCUT2D eigenvalue weighted by atomic mass is 32.1. The molecule has 1 atom stereocenters. The lowest BCUT2D eigenvalue weighted by atomic mass is 10.1. The Balaban J connectivity index is 1.71. The lowest BCUT2D eigenvalue weighted by Gasteiger charge is -2.32. The van der Waals surface area contributed by atoms with Crippen molar-refractivity contribution >= 4 is 12.2 Å². The van der Waals surface area contributed by atoms with Gasteiger partial charge in [0.25, 0.3) is 0 Å². The maximum atomic E-state index is 5.37. The van der Waals surface area contributed by atoms with E-state index in [0.717, 1.165) is 11.3 Å². The maximum absolute atomic E-state index is 5.37. The van der Waals surface area contributed by atoms with Crippen molar-refractivity contribution in [3.05, 3.63) is 10.6 Å². The van der Waals surface area contributed by atoms with E-state index in [1.807, 2.05) is 0 Å². The second-order valence-electron chi connectivity index (χ2n) is 5.72. The second kappa shape index (κ2) is 5.13. The van der Waals surface area contributed by atoms with Crippen LogP contribution < -0.4 is 0 Å². The number of piperidine rings is 1. The first-order valence-electron chi connectivity index (χ1n) is 7.15. The number of rotatable bonds is 4. The minimum atomic E-state index is 0.562. The molecule has 0 bridgehead atoms. The van der Waals surface area contributed by atoms with Crippen LogP contribution >= 0.6 is 12.2 Å². The van der Waals surface area contributed by atoms with Crippen molar-refractivity contribution in [1.82, 2.24) is 19.7 Å². The van der Waals surface area contributed by atoms with Gasteiger partial charge in [-0.15, -0.1) is 0 Å². The number of nitrogens with one attached hydrogen (secondary N) is 1. The van der Waals surface area contributed by atoms with Gasteiger partial charge in [-0.3, -0.25) is 10.00 Å². The number of aromatic nitrogens is 3. The number of hydrogen-bond acceptors (Lipinski definition) is 3. The van der Waals surface area contributed by atoms with Crippen LogP contribution in [0.1, 0.15) is 50.8 Å². The fourth-order valence-corrected chi connectivity index (χ4v) is 3.11. The molecule has 1 unspecified atom stereocenters. The summed E-state index contributed by atoms with van der Waals surface area (Å²) >= 11 is 5.37. The Hall–Kier alpha value is -0.680. The number of nitrogens with zero attached hydrogens (tertiary/aromatic N) is 3. The Kier molecular flexibility index (Phi) is 3.52. The van der Waals surface area contributed by atoms with E-state index in [1.165, 1.54) is 51.0 Å². The van der Waals surface area contributed by atoms with Gasteiger partial charge in [-0.05, 0) is 57.9 Å². The molecule has 1 aromatic rings. The molecule has 2 aliphatic rings. The summed E-state index contributed by atoms with van der Waals surface area (Å²) in [5, 5.41) is 7.37. The Morgan fingerprint density at radius 3 is 2.72 bits per heavy atom. The molecule has 4 nitrogen and oxygen atoms in total. The van der Waals surface area contributed by atoms with E-state index in [0.29, 0.717) is 12.0 Å². The van der Waals surface area contributed by atoms with Crippen LogP contribution in [0.25, 0.3) is 0 Å². The predicted octanol–water partition coefficient (Wildman–Crippen LogP) is 2.69. The van der Waals surface area contributed by atoms with Gasteiger partial charge in [0, 0.05) is 18.5 Å². The van der Waals surface area contributed by atoms with Gasteiger partial charge in [0.2, 0.25) is 0 Å². The van der Waals surface area contributed by atoms with E-state index in [1.54, 1.807) is 0 Å². The highest BCUT2D eigenvalue weighted by Crippen LogP contribution is 2.39. The minimum Gasteiger partial charge on any atom is -0.302 e. The fourth-order valence-electron chi connectivity index (χ4n) is 2.90. The number of H-pyrrole nitrogens is 1. The van der Waals surface area contributed by atoms with Gasteiger partial charge < -0.3 is 4.57 Å². The maximum Gasteiger partial charge on any atom is 0.195 e. The molecule has 100 valence electrons. The standard InChI is InChI=1S/C13H22N4S/c1-10(16-7-3-2-4-8-16)9-17-12(11-5-6-11)14-15-13(17)18/h10-11H,2-9H2,1H3,(H,15,18). The van der Waals surface area contributed by atoms with Crippen molar-refractivity contribution in [1.29, 1.82) is 0 Å². The van der Waals surface area contributed by atoms with Crippen molar-refractivity contribution in [2.24, 2.45) is 0 Å². The quantitative estimate of drug-likeness (QED) is 0.851. The van der Waals surface area contributed by atoms with Crippen LogP contribution in [0.5, 0.6) is 0 Å². The van der Waals surface area contributed by atoms with Gasteiger partial charge in [-0.25, -0.2) is 0 Å². The molecule has 3 rings (SSSR count). The van der Waals surface area contributed by atoms with E-state index in [9.17, 15) is 0 Å². The normalized spacial score (nSPS) is 23.2. The van der Waals surface area contributed by atoms with Crippen LogP contribution in [0.2, 0.25) is 0 Å². The first-order valence-corrected chi connectivity index (χ1v) is 7.55. The van der Waals surface area contributed by atoms with Gasteiger partial charge in [0.1, 0.15) is 5.82 Å². The smallest absolute Gasteiger partial charge is 0.195 e. The molecule has 1 aliphatic heterocycles. The molecule has 2 fully saturated rings. The Bertz CT molecular complexity index is 454. The van der Waals surface area contributed by atoms with Crippen molar-refractivity contribution in [2.45, 2.75) is 57.5 Å². The van der Waals surface area contributed by atoms with Crippen LogP contribution in [0.15, 0.2) is 0 Å². The molecule has 1 saturated carbocycles. The predicted molar refractivity (Wildman–Crippen MR) is 74.3 cm³/mol. The molecule has 18 heavy (non-hydrogen) atoms. The molecule has 1 aliphatic carbocycles. The highest BCUT2D eigenvalue weighted by Gasteiger charge is 2.29. The lowest BCUT2D eigenvalue weighted by Crippen LogP contribution is -2.40. The average molecular weight is 266 g/mol. The van der Waals surface area contributed by atoms with Crippen molar-refractivity contribution in [3.8, 4) is 0 Å². The molecule has 2 heterocycles. The third-order valence-corrected chi connectivity index (χ3v) is 4.50. The summed E-state index contributed by atoms with van der Waals surface area (Å²) in [5.74, 6) is 1.84. The molecular formula is C13H22N4S. The van der Waals surface area contributed by atoms with Crippen LogP contribution in [0.3, 0.4) is 0 Å². The Morgan fingerprint density at radius 2 is 2.06 bits per heavy atom. The molecule has 1 N–H and O–H groups in total. The van der Waals surface area contributed by atoms with Crippen molar-refractivity contribution in [2.75, 3.05) is 13.1 Å². The van der Waals surface area contributed by atoms with Gasteiger partial charge >= 0.3 is 0 Å². The van der Waals surface area contributed by atoms with Crippen LogP contribution in [-0.4, -0.2) is 38.8 Å².